The minimum atomic E-state index is -5.00. The Morgan fingerprint density at radius 1 is 1.00 bits per heavy atom. The first-order valence-electron chi connectivity index (χ1n) is 10.7. The normalized spacial score (nSPS) is 12.5. The number of aliphatic hydroxyl groups excluding tert-OH is 1. The quantitative estimate of drug-likeness (QED) is 0.331. The molecule has 204 valence electrons. The van der Waals surface area contributed by atoms with E-state index >= 15 is 0 Å². The fourth-order valence-corrected chi connectivity index (χ4v) is 4.60. The van der Waals surface area contributed by atoms with Gasteiger partial charge in [0.05, 0.1) is 25.7 Å². The second-order valence-corrected chi connectivity index (χ2v) is 9.78. The number of benzene rings is 3. The van der Waals surface area contributed by atoms with Crippen LogP contribution in [0.15, 0.2) is 65.6 Å². The van der Waals surface area contributed by atoms with E-state index in [2.05, 4.69) is 14.8 Å². The SMILES string of the molecule is COc1ccc(S(=O)(=O)NCC(=O)Nc2ccc(OC(F)(F)F)cc2C(O)c2ccccc2Cl)cc1OC. The fourth-order valence-electron chi connectivity index (χ4n) is 3.36. The molecule has 0 aliphatic heterocycles. The lowest BCUT2D eigenvalue weighted by Gasteiger charge is -2.19. The molecule has 0 spiro atoms. The van der Waals surface area contributed by atoms with Crippen LogP contribution in [0.2, 0.25) is 5.02 Å². The zero-order chi connectivity index (χ0) is 28.1. The van der Waals surface area contributed by atoms with Crippen molar-refractivity contribution in [1.82, 2.24) is 4.72 Å². The Morgan fingerprint density at radius 2 is 1.68 bits per heavy atom. The second kappa shape index (κ2) is 11.9. The summed E-state index contributed by atoms with van der Waals surface area (Å²) in [6.07, 6.45) is -6.56. The van der Waals surface area contributed by atoms with E-state index in [1.165, 1.54) is 44.6 Å². The van der Waals surface area contributed by atoms with Gasteiger partial charge in [0.2, 0.25) is 15.9 Å². The van der Waals surface area contributed by atoms with Crippen molar-refractivity contribution in [2.75, 3.05) is 26.1 Å². The first kappa shape index (κ1) is 29.0. The number of alkyl halides is 3. The Morgan fingerprint density at radius 3 is 2.32 bits per heavy atom. The van der Waals surface area contributed by atoms with Gasteiger partial charge in [0.25, 0.3) is 0 Å². The average Bonchev–Trinajstić information content (AvgIpc) is 2.87. The number of carbonyl (C=O) groups is 1. The summed E-state index contributed by atoms with van der Waals surface area (Å²) in [6, 6.07) is 12.8. The number of hydrogen-bond donors (Lipinski definition) is 3. The largest absolute Gasteiger partial charge is 0.573 e. The Kier molecular flexibility index (Phi) is 9.09. The van der Waals surface area contributed by atoms with Crippen molar-refractivity contribution in [2.24, 2.45) is 0 Å². The van der Waals surface area contributed by atoms with E-state index in [4.69, 9.17) is 21.1 Å². The predicted molar refractivity (Wildman–Crippen MR) is 132 cm³/mol. The van der Waals surface area contributed by atoms with Crippen molar-refractivity contribution in [3.63, 3.8) is 0 Å². The number of anilines is 1. The van der Waals surface area contributed by atoms with Gasteiger partial charge in [-0.3, -0.25) is 4.79 Å². The molecule has 0 bridgehead atoms. The van der Waals surface area contributed by atoms with Crippen LogP contribution >= 0.6 is 11.6 Å². The Labute approximate surface area is 221 Å². The highest BCUT2D eigenvalue weighted by Crippen LogP contribution is 2.36. The molecule has 1 amide bonds. The van der Waals surface area contributed by atoms with E-state index < -0.39 is 40.7 Å². The molecule has 3 aromatic carbocycles. The minimum absolute atomic E-state index is 0.0951. The number of nitrogens with one attached hydrogen (secondary N) is 2. The molecular formula is C24H22ClF3N2O7S. The van der Waals surface area contributed by atoms with Gasteiger partial charge in [-0.1, -0.05) is 29.8 Å². The third kappa shape index (κ3) is 7.28. The third-order valence-corrected chi connectivity index (χ3v) is 6.86. The van der Waals surface area contributed by atoms with Crippen molar-refractivity contribution >= 4 is 33.2 Å². The smallest absolute Gasteiger partial charge is 0.493 e. The molecule has 38 heavy (non-hydrogen) atoms. The number of aliphatic hydroxyl groups is 1. The number of carbonyl (C=O) groups excluding carboxylic acids is 1. The molecule has 3 aromatic rings. The summed E-state index contributed by atoms with van der Waals surface area (Å²) in [7, 11) is -1.46. The number of hydrogen-bond acceptors (Lipinski definition) is 7. The zero-order valence-electron chi connectivity index (χ0n) is 19.9. The van der Waals surface area contributed by atoms with Crippen molar-refractivity contribution in [2.45, 2.75) is 17.4 Å². The van der Waals surface area contributed by atoms with E-state index in [9.17, 15) is 31.5 Å². The molecular weight excluding hydrogens is 553 g/mol. The number of ether oxygens (including phenoxy) is 3. The Balaban J connectivity index is 1.83. The highest BCUT2D eigenvalue weighted by atomic mass is 35.5. The monoisotopic (exact) mass is 574 g/mol. The highest BCUT2D eigenvalue weighted by Gasteiger charge is 2.32. The highest BCUT2D eigenvalue weighted by molar-refractivity contribution is 7.89. The van der Waals surface area contributed by atoms with Crippen LogP contribution in [0.1, 0.15) is 17.2 Å². The number of sulfonamides is 1. The first-order valence-corrected chi connectivity index (χ1v) is 12.5. The Hall–Kier alpha value is -3.52. The van der Waals surface area contributed by atoms with Crippen LogP contribution in [0.4, 0.5) is 18.9 Å². The molecule has 0 saturated carbocycles. The summed E-state index contributed by atoms with van der Waals surface area (Å²) in [4.78, 5) is 12.4. The molecule has 0 saturated heterocycles. The van der Waals surface area contributed by atoms with Crippen molar-refractivity contribution < 1.29 is 45.7 Å². The average molecular weight is 575 g/mol. The molecule has 9 nitrogen and oxygen atoms in total. The summed E-state index contributed by atoms with van der Waals surface area (Å²) >= 11 is 6.12. The van der Waals surface area contributed by atoms with E-state index in [1.54, 1.807) is 12.1 Å². The molecule has 0 fully saturated rings. The van der Waals surface area contributed by atoms with Gasteiger partial charge in [-0.05, 0) is 36.4 Å². The summed E-state index contributed by atoms with van der Waals surface area (Å²) < 4.78 is 79.8. The van der Waals surface area contributed by atoms with Gasteiger partial charge in [0.15, 0.2) is 11.5 Å². The molecule has 1 atom stereocenters. The minimum Gasteiger partial charge on any atom is -0.493 e. The number of amides is 1. The molecule has 0 aromatic heterocycles. The van der Waals surface area contributed by atoms with E-state index in [0.717, 1.165) is 18.2 Å². The molecule has 0 heterocycles. The van der Waals surface area contributed by atoms with Crippen LogP contribution in [-0.4, -0.2) is 46.6 Å². The van der Waals surface area contributed by atoms with Crippen LogP contribution in [0.25, 0.3) is 0 Å². The fraction of sp³-hybridized carbons (Fsp3) is 0.208. The van der Waals surface area contributed by atoms with E-state index in [0.29, 0.717) is 5.75 Å². The number of methoxy groups -OCH3 is 2. The number of halogens is 4. The molecule has 14 heteroatoms. The van der Waals surface area contributed by atoms with Gasteiger partial charge in [-0.2, -0.15) is 0 Å². The van der Waals surface area contributed by atoms with Gasteiger partial charge in [0, 0.05) is 27.9 Å². The molecule has 3 N–H and O–H groups in total. The van der Waals surface area contributed by atoms with Crippen molar-refractivity contribution in [3.8, 4) is 17.2 Å². The maximum absolute atomic E-state index is 12.8. The molecule has 0 radical (unpaired) electrons. The van der Waals surface area contributed by atoms with Crippen LogP contribution < -0.4 is 24.2 Å². The maximum atomic E-state index is 12.8. The van der Waals surface area contributed by atoms with Gasteiger partial charge in [-0.15, -0.1) is 13.2 Å². The van der Waals surface area contributed by atoms with Gasteiger partial charge in [0.1, 0.15) is 11.9 Å². The predicted octanol–water partition coefficient (Wildman–Crippen LogP) is 4.25. The van der Waals surface area contributed by atoms with Crippen LogP contribution in [-0.2, 0) is 14.8 Å². The molecule has 0 aliphatic rings. The summed E-state index contributed by atoms with van der Waals surface area (Å²) in [6.45, 7) is -0.737. The topological polar surface area (TPSA) is 123 Å². The second-order valence-electron chi connectivity index (χ2n) is 7.61. The van der Waals surface area contributed by atoms with Crippen molar-refractivity contribution in [1.29, 1.82) is 0 Å². The van der Waals surface area contributed by atoms with Crippen LogP contribution in [0, 0.1) is 0 Å². The number of rotatable bonds is 10. The van der Waals surface area contributed by atoms with Crippen LogP contribution in [0.5, 0.6) is 17.2 Å². The van der Waals surface area contributed by atoms with Gasteiger partial charge in [-0.25, -0.2) is 13.1 Å². The summed E-state index contributed by atoms with van der Waals surface area (Å²) in [5, 5.41) is 13.4. The van der Waals surface area contributed by atoms with Gasteiger partial charge < -0.3 is 24.6 Å². The molecule has 3 rings (SSSR count). The Bertz CT molecular complexity index is 1420. The molecule has 0 aliphatic carbocycles. The van der Waals surface area contributed by atoms with E-state index in [1.807, 2.05) is 0 Å². The lowest BCUT2D eigenvalue weighted by Crippen LogP contribution is -2.33. The summed E-state index contributed by atoms with van der Waals surface area (Å²) in [5.74, 6) is -1.07. The van der Waals surface area contributed by atoms with Crippen molar-refractivity contribution in [3.05, 3.63) is 76.8 Å². The molecule has 1 unspecified atom stereocenters. The van der Waals surface area contributed by atoms with Crippen LogP contribution in [0.3, 0.4) is 0 Å². The lowest BCUT2D eigenvalue weighted by molar-refractivity contribution is -0.274. The zero-order valence-corrected chi connectivity index (χ0v) is 21.4. The van der Waals surface area contributed by atoms with E-state index in [-0.39, 0.29) is 32.5 Å². The third-order valence-electron chi connectivity index (χ3n) is 5.11. The van der Waals surface area contributed by atoms with Gasteiger partial charge >= 0.3 is 6.36 Å². The summed E-state index contributed by atoms with van der Waals surface area (Å²) in [5.41, 5.74) is -0.110. The lowest BCUT2D eigenvalue weighted by atomic mass is 9.99. The first-order chi connectivity index (χ1) is 17.8. The standard InChI is InChI=1S/C24H22ClF3N2O7S/c1-35-20-10-8-15(12-21(20)36-2)38(33,34)29-13-22(31)30-19-9-7-14(37-24(26,27)28)11-17(19)23(32)16-5-3-4-6-18(16)25/h3-12,23,29,32H,13H2,1-2H3,(H,30,31). The maximum Gasteiger partial charge on any atom is 0.573 e.